The molecule has 1 fully saturated rings. The molecule has 7 heteroatoms. The van der Waals surface area contributed by atoms with Crippen molar-refractivity contribution in [2.24, 2.45) is 0 Å². The molecule has 4 rings (SSSR count). The Labute approximate surface area is 176 Å². The number of fused-ring (bicyclic) bond motifs is 1. The van der Waals surface area contributed by atoms with Crippen molar-refractivity contribution in [3.8, 4) is 0 Å². The van der Waals surface area contributed by atoms with Crippen molar-refractivity contribution < 1.29 is 9.90 Å². The maximum absolute atomic E-state index is 13.0. The lowest BCUT2D eigenvalue weighted by Gasteiger charge is -2.28. The van der Waals surface area contributed by atoms with E-state index in [1.54, 1.807) is 24.5 Å². The van der Waals surface area contributed by atoms with Crippen LogP contribution in [0.5, 0.6) is 0 Å². The van der Waals surface area contributed by atoms with E-state index in [9.17, 15) is 14.7 Å². The number of carbonyl (C=O) groups is 1. The molecule has 0 radical (unpaired) electrons. The molecule has 3 heterocycles. The van der Waals surface area contributed by atoms with E-state index >= 15 is 0 Å². The fraction of sp³-hybridized carbons (Fsp3) is 0.318. The molecule has 3 aromatic rings. The summed E-state index contributed by atoms with van der Waals surface area (Å²) in [6, 6.07) is 10.7. The van der Waals surface area contributed by atoms with Crippen LogP contribution in [0, 0.1) is 0 Å². The van der Waals surface area contributed by atoms with Gasteiger partial charge in [-0.05, 0) is 64.7 Å². The minimum Gasteiger partial charge on any atom is -0.391 e. The van der Waals surface area contributed by atoms with Crippen LogP contribution < -0.4 is 10.9 Å². The number of hydrogen-bond acceptors (Lipinski definition) is 4. The molecule has 0 spiro atoms. The molecule has 150 valence electrons. The van der Waals surface area contributed by atoms with Gasteiger partial charge in [0.15, 0.2) is 0 Å². The van der Waals surface area contributed by atoms with Crippen molar-refractivity contribution in [3.63, 3.8) is 0 Å². The first-order chi connectivity index (χ1) is 14.0. The van der Waals surface area contributed by atoms with Crippen molar-refractivity contribution in [1.29, 1.82) is 0 Å². The molecule has 1 aliphatic carbocycles. The number of pyridine rings is 3. The lowest BCUT2D eigenvalue weighted by atomic mass is 9.92. The van der Waals surface area contributed by atoms with E-state index in [0.29, 0.717) is 12.8 Å². The van der Waals surface area contributed by atoms with Gasteiger partial charge in [-0.25, -0.2) is 0 Å². The minimum absolute atomic E-state index is 0.0820. The standard InChI is InChI=1S/C22H22BrN3O3/c23-15-8-9-16(24-13-15)11-14-12-17(22(29)26-10-4-3-6-19(14)26)21(28)25-18-5-1-2-7-20(18)27/h3-4,6,8-10,12-13,18,20,27H,1-2,5,7,11H2,(H,25,28)/t18-,20-/m0/s1. The second-order valence-electron chi connectivity index (χ2n) is 7.42. The van der Waals surface area contributed by atoms with Gasteiger partial charge in [-0.3, -0.25) is 19.0 Å². The van der Waals surface area contributed by atoms with Crippen molar-refractivity contribution in [2.75, 3.05) is 0 Å². The zero-order chi connectivity index (χ0) is 20.4. The summed E-state index contributed by atoms with van der Waals surface area (Å²) in [7, 11) is 0. The predicted molar refractivity (Wildman–Crippen MR) is 114 cm³/mol. The summed E-state index contributed by atoms with van der Waals surface area (Å²) in [4.78, 5) is 30.3. The van der Waals surface area contributed by atoms with Crippen LogP contribution in [0.3, 0.4) is 0 Å². The van der Waals surface area contributed by atoms with Gasteiger partial charge < -0.3 is 10.4 Å². The number of halogens is 1. The topological polar surface area (TPSA) is 83.7 Å². The first-order valence-corrected chi connectivity index (χ1v) is 10.5. The third kappa shape index (κ3) is 4.26. The second-order valence-corrected chi connectivity index (χ2v) is 8.34. The summed E-state index contributed by atoms with van der Waals surface area (Å²) in [6.07, 6.45) is 6.62. The smallest absolute Gasteiger partial charge is 0.267 e. The van der Waals surface area contributed by atoms with Crippen LogP contribution in [0.1, 0.15) is 47.3 Å². The monoisotopic (exact) mass is 455 g/mol. The molecule has 2 atom stereocenters. The van der Waals surface area contributed by atoms with Gasteiger partial charge in [0.1, 0.15) is 5.56 Å². The zero-order valence-electron chi connectivity index (χ0n) is 15.8. The lowest BCUT2D eigenvalue weighted by Crippen LogP contribution is -2.46. The molecule has 0 saturated heterocycles. The molecule has 6 nitrogen and oxygen atoms in total. The van der Waals surface area contributed by atoms with Gasteiger partial charge in [-0.2, -0.15) is 0 Å². The molecule has 1 amide bonds. The van der Waals surface area contributed by atoms with Crippen LogP contribution in [0.25, 0.3) is 5.52 Å². The Hall–Kier alpha value is -2.51. The Morgan fingerprint density at radius 3 is 2.83 bits per heavy atom. The first kappa shape index (κ1) is 19.8. The first-order valence-electron chi connectivity index (χ1n) is 9.75. The number of carbonyl (C=O) groups excluding carboxylic acids is 1. The van der Waals surface area contributed by atoms with Gasteiger partial charge in [0.2, 0.25) is 0 Å². The molecule has 0 unspecified atom stereocenters. The Bertz CT molecular complexity index is 1090. The summed E-state index contributed by atoms with van der Waals surface area (Å²) in [5.74, 6) is -0.441. The Morgan fingerprint density at radius 1 is 1.24 bits per heavy atom. The summed E-state index contributed by atoms with van der Waals surface area (Å²) in [5.41, 5.74) is 2.15. The highest BCUT2D eigenvalue weighted by Crippen LogP contribution is 2.20. The third-order valence-corrected chi connectivity index (χ3v) is 5.88. The molecule has 0 aliphatic heterocycles. The number of rotatable bonds is 4. The molecule has 1 saturated carbocycles. The highest BCUT2D eigenvalue weighted by Gasteiger charge is 2.26. The second kappa shape index (κ2) is 8.47. The van der Waals surface area contributed by atoms with Crippen LogP contribution in [-0.2, 0) is 6.42 Å². The van der Waals surface area contributed by atoms with Gasteiger partial charge in [0.05, 0.1) is 17.7 Å². The molecule has 3 aromatic heterocycles. The van der Waals surface area contributed by atoms with Crippen LogP contribution in [0.2, 0.25) is 0 Å². The Morgan fingerprint density at radius 2 is 2.07 bits per heavy atom. The molecular formula is C22H22BrN3O3. The van der Waals surface area contributed by atoms with Gasteiger partial charge in [0.25, 0.3) is 11.5 Å². The fourth-order valence-electron chi connectivity index (χ4n) is 3.86. The number of aliphatic hydroxyl groups is 1. The highest BCUT2D eigenvalue weighted by atomic mass is 79.9. The van der Waals surface area contributed by atoms with Gasteiger partial charge >= 0.3 is 0 Å². The van der Waals surface area contributed by atoms with E-state index in [1.165, 1.54) is 4.40 Å². The van der Waals surface area contributed by atoms with Crippen LogP contribution >= 0.6 is 15.9 Å². The zero-order valence-corrected chi connectivity index (χ0v) is 17.4. The lowest BCUT2D eigenvalue weighted by molar-refractivity contribution is 0.0716. The van der Waals surface area contributed by atoms with Crippen LogP contribution in [0.15, 0.2) is 58.1 Å². The van der Waals surface area contributed by atoms with Gasteiger partial charge in [-0.15, -0.1) is 0 Å². The van der Waals surface area contributed by atoms with Crippen molar-refractivity contribution in [2.45, 2.75) is 44.2 Å². The van der Waals surface area contributed by atoms with Gasteiger partial charge in [-0.1, -0.05) is 18.9 Å². The van der Waals surface area contributed by atoms with E-state index in [4.69, 9.17) is 0 Å². The van der Waals surface area contributed by atoms with E-state index in [-0.39, 0.29) is 17.2 Å². The molecule has 1 aliphatic rings. The molecule has 0 bridgehead atoms. The quantitative estimate of drug-likeness (QED) is 0.632. The van der Waals surface area contributed by atoms with E-state index < -0.39 is 12.0 Å². The summed E-state index contributed by atoms with van der Waals surface area (Å²) in [6.45, 7) is 0. The maximum Gasteiger partial charge on any atom is 0.267 e. The minimum atomic E-state index is -0.567. The average Bonchev–Trinajstić information content (AvgIpc) is 2.73. The number of amides is 1. The number of nitrogens with one attached hydrogen (secondary N) is 1. The number of aliphatic hydroxyl groups excluding tert-OH is 1. The predicted octanol–water partition coefficient (Wildman–Crippen LogP) is 3.08. The fourth-order valence-corrected chi connectivity index (χ4v) is 4.09. The highest BCUT2D eigenvalue weighted by molar-refractivity contribution is 9.10. The van der Waals surface area contributed by atoms with E-state index in [0.717, 1.165) is 40.5 Å². The summed E-state index contributed by atoms with van der Waals surface area (Å²) in [5, 5.41) is 13.0. The number of nitrogens with zero attached hydrogens (tertiary/aromatic N) is 2. The molecule has 0 aromatic carbocycles. The maximum atomic E-state index is 13.0. The molecule has 2 N–H and O–H groups in total. The van der Waals surface area contributed by atoms with Crippen LogP contribution in [0.4, 0.5) is 0 Å². The Kier molecular flexibility index (Phi) is 5.78. The van der Waals surface area contributed by atoms with Crippen molar-refractivity contribution in [1.82, 2.24) is 14.7 Å². The normalized spacial score (nSPS) is 19.2. The molecule has 29 heavy (non-hydrogen) atoms. The summed E-state index contributed by atoms with van der Waals surface area (Å²) < 4.78 is 2.39. The summed E-state index contributed by atoms with van der Waals surface area (Å²) >= 11 is 3.38. The van der Waals surface area contributed by atoms with E-state index in [1.807, 2.05) is 24.3 Å². The van der Waals surface area contributed by atoms with Crippen molar-refractivity contribution >= 4 is 27.4 Å². The van der Waals surface area contributed by atoms with E-state index in [2.05, 4.69) is 26.2 Å². The average molecular weight is 456 g/mol. The van der Waals surface area contributed by atoms with Crippen LogP contribution in [-0.4, -0.2) is 32.5 Å². The largest absolute Gasteiger partial charge is 0.391 e. The SMILES string of the molecule is O=C(N[C@H]1CCCC[C@@H]1O)c1cc(Cc2ccc(Br)cn2)c2ccccn2c1=O. The number of hydrogen-bond donors (Lipinski definition) is 2. The Balaban J connectivity index is 1.72. The third-order valence-electron chi connectivity index (χ3n) is 5.41. The van der Waals surface area contributed by atoms with Crippen molar-refractivity contribution in [3.05, 3.63) is 80.4 Å². The van der Waals surface area contributed by atoms with Gasteiger partial charge in [0, 0.05) is 29.0 Å². The molecular weight excluding hydrogens is 434 g/mol. The number of aromatic nitrogens is 2.